The van der Waals surface area contributed by atoms with Crippen LogP contribution >= 0.6 is 22.7 Å². The van der Waals surface area contributed by atoms with E-state index in [1.807, 2.05) is 25.1 Å². The Hall–Kier alpha value is -3.50. The van der Waals surface area contributed by atoms with E-state index in [9.17, 15) is 9.59 Å². The molecule has 4 aromatic rings. The average molecular weight is 455 g/mol. The molecule has 0 bridgehead atoms. The highest BCUT2D eigenvalue weighted by atomic mass is 32.1. The molecule has 0 atom stereocenters. The Morgan fingerprint density at radius 2 is 1.61 bits per heavy atom. The maximum Gasteiger partial charge on any atom is 0.276 e. The lowest BCUT2D eigenvalue weighted by Gasteiger charge is -2.08. The highest BCUT2D eigenvalue weighted by Crippen LogP contribution is 2.28. The van der Waals surface area contributed by atoms with Gasteiger partial charge in [-0.2, -0.15) is 0 Å². The number of thiazole rings is 2. The van der Waals surface area contributed by atoms with Crippen LogP contribution in [0.15, 0.2) is 41.8 Å². The molecule has 0 fully saturated rings. The van der Waals surface area contributed by atoms with E-state index in [0.29, 0.717) is 27.3 Å². The van der Waals surface area contributed by atoms with Crippen LogP contribution in [0.4, 0.5) is 10.3 Å². The van der Waals surface area contributed by atoms with Crippen LogP contribution in [0, 0.1) is 6.92 Å². The molecule has 0 spiro atoms. The van der Waals surface area contributed by atoms with Crippen LogP contribution in [0.1, 0.15) is 26.4 Å². The number of nitrogens with zero attached hydrogens (tertiary/aromatic N) is 2. The predicted octanol–water partition coefficient (Wildman–Crippen LogP) is 4.58. The second-order valence-corrected chi connectivity index (χ2v) is 8.43. The summed E-state index contributed by atoms with van der Waals surface area (Å²) in [5.41, 5.74) is 2.49. The summed E-state index contributed by atoms with van der Waals surface area (Å²) in [6, 6.07) is 10.8. The van der Waals surface area contributed by atoms with Gasteiger partial charge in [0.15, 0.2) is 10.3 Å². The number of ether oxygens (including phenoxy) is 2. The molecule has 2 amide bonds. The first-order valence-corrected chi connectivity index (χ1v) is 10.8. The van der Waals surface area contributed by atoms with Crippen LogP contribution in [0.3, 0.4) is 0 Å². The van der Waals surface area contributed by atoms with Gasteiger partial charge in [0.1, 0.15) is 17.2 Å². The number of carbonyl (C=O) groups is 2. The molecule has 2 heterocycles. The molecule has 0 unspecified atom stereocenters. The van der Waals surface area contributed by atoms with Crippen molar-refractivity contribution in [2.45, 2.75) is 6.92 Å². The van der Waals surface area contributed by atoms with Gasteiger partial charge in [0.05, 0.1) is 24.4 Å². The number of rotatable bonds is 6. The molecule has 8 nitrogen and oxygen atoms in total. The zero-order valence-electron chi connectivity index (χ0n) is 16.9. The molecule has 0 aliphatic carbocycles. The summed E-state index contributed by atoms with van der Waals surface area (Å²) >= 11 is 2.55. The molecule has 0 saturated carbocycles. The standard InChI is InChI=1S/C21H18N4O4S2/c1-11-4-5-15-17(6-11)31-21(22-15)25-19(27)16-10-30-20(23-16)24-18(26)12-7-13(28-2)9-14(8-12)29-3/h4-10H,1-3H3,(H,22,25,27)(H,23,24,26). The zero-order chi connectivity index (χ0) is 22.0. The van der Waals surface area contributed by atoms with Crippen LogP contribution < -0.4 is 20.1 Å². The lowest BCUT2D eigenvalue weighted by Crippen LogP contribution is -2.14. The molecule has 10 heteroatoms. The van der Waals surface area contributed by atoms with Gasteiger partial charge in [0.2, 0.25) is 0 Å². The monoisotopic (exact) mass is 454 g/mol. The zero-order valence-corrected chi connectivity index (χ0v) is 18.5. The van der Waals surface area contributed by atoms with Gasteiger partial charge in [-0.25, -0.2) is 9.97 Å². The highest BCUT2D eigenvalue weighted by molar-refractivity contribution is 7.22. The summed E-state index contributed by atoms with van der Waals surface area (Å²) in [5.74, 6) is 0.208. The van der Waals surface area contributed by atoms with E-state index >= 15 is 0 Å². The van der Waals surface area contributed by atoms with Crippen molar-refractivity contribution in [2.75, 3.05) is 24.9 Å². The fourth-order valence-corrected chi connectivity index (χ4v) is 4.43. The minimum absolute atomic E-state index is 0.193. The van der Waals surface area contributed by atoms with E-state index in [-0.39, 0.29) is 11.6 Å². The Bertz CT molecular complexity index is 1260. The third-order valence-electron chi connectivity index (χ3n) is 4.34. The van der Waals surface area contributed by atoms with Gasteiger partial charge in [-0.1, -0.05) is 17.4 Å². The average Bonchev–Trinajstić information content (AvgIpc) is 3.39. The number of amides is 2. The Morgan fingerprint density at radius 3 is 2.32 bits per heavy atom. The van der Waals surface area contributed by atoms with Gasteiger partial charge in [0, 0.05) is 17.0 Å². The van der Waals surface area contributed by atoms with E-state index in [0.717, 1.165) is 27.1 Å². The Kier molecular flexibility index (Phi) is 5.83. The number of hydrogen-bond donors (Lipinski definition) is 2. The minimum Gasteiger partial charge on any atom is -0.497 e. The molecule has 0 aliphatic heterocycles. The summed E-state index contributed by atoms with van der Waals surface area (Å²) in [5, 5.41) is 7.83. The molecule has 158 valence electrons. The molecule has 2 N–H and O–H groups in total. The summed E-state index contributed by atoms with van der Waals surface area (Å²) in [6.45, 7) is 2.00. The van der Waals surface area contributed by atoms with Crippen molar-refractivity contribution in [1.82, 2.24) is 9.97 Å². The van der Waals surface area contributed by atoms with E-state index in [2.05, 4.69) is 20.6 Å². The normalized spacial score (nSPS) is 10.7. The number of aromatic nitrogens is 2. The van der Waals surface area contributed by atoms with Crippen molar-refractivity contribution < 1.29 is 19.1 Å². The quantitative estimate of drug-likeness (QED) is 0.442. The summed E-state index contributed by atoms with van der Waals surface area (Å²) in [4.78, 5) is 33.8. The van der Waals surface area contributed by atoms with E-state index in [1.165, 1.54) is 25.6 Å². The number of fused-ring (bicyclic) bond motifs is 1. The largest absolute Gasteiger partial charge is 0.497 e. The molecule has 0 saturated heterocycles. The fraction of sp³-hybridized carbons (Fsp3) is 0.143. The Labute approximate surface area is 185 Å². The highest BCUT2D eigenvalue weighted by Gasteiger charge is 2.16. The number of benzene rings is 2. The van der Waals surface area contributed by atoms with Crippen LogP contribution in [-0.2, 0) is 0 Å². The van der Waals surface area contributed by atoms with Crippen LogP contribution in [0.25, 0.3) is 10.2 Å². The Morgan fingerprint density at radius 1 is 0.903 bits per heavy atom. The van der Waals surface area contributed by atoms with Crippen molar-refractivity contribution in [3.63, 3.8) is 0 Å². The van der Waals surface area contributed by atoms with E-state index in [1.54, 1.807) is 23.6 Å². The molecule has 0 aliphatic rings. The topological polar surface area (TPSA) is 102 Å². The molecule has 4 rings (SSSR count). The van der Waals surface area contributed by atoms with Gasteiger partial charge in [-0.3, -0.25) is 20.2 Å². The second-order valence-electron chi connectivity index (χ2n) is 6.54. The number of aryl methyl sites for hydroxylation is 1. The summed E-state index contributed by atoms with van der Waals surface area (Å²) in [6.07, 6.45) is 0. The van der Waals surface area contributed by atoms with Gasteiger partial charge in [0.25, 0.3) is 11.8 Å². The maximum absolute atomic E-state index is 12.6. The van der Waals surface area contributed by atoms with Gasteiger partial charge < -0.3 is 9.47 Å². The van der Waals surface area contributed by atoms with Gasteiger partial charge in [-0.05, 0) is 36.8 Å². The van der Waals surface area contributed by atoms with Gasteiger partial charge >= 0.3 is 0 Å². The van der Waals surface area contributed by atoms with Crippen molar-refractivity contribution in [2.24, 2.45) is 0 Å². The third-order valence-corrected chi connectivity index (χ3v) is 6.03. The number of anilines is 2. The molecular formula is C21H18N4O4S2. The van der Waals surface area contributed by atoms with Crippen LogP contribution in [0.2, 0.25) is 0 Å². The van der Waals surface area contributed by atoms with Crippen LogP contribution in [0.5, 0.6) is 11.5 Å². The molecule has 2 aromatic carbocycles. The first-order chi connectivity index (χ1) is 14.9. The maximum atomic E-state index is 12.6. The van der Waals surface area contributed by atoms with Gasteiger partial charge in [-0.15, -0.1) is 11.3 Å². The number of carbonyl (C=O) groups excluding carboxylic acids is 2. The third kappa shape index (κ3) is 4.65. The number of hydrogen-bond acceptors (Lipinski definition) is 8. The Balaban J connectivity index is 1.46. The van der Waals surface area contributed by atoms with E-state index in [4.69, 9.17) is 9.47 Å². The van der Waals surface area contributed by atoms with Crippen molar-refractivity contribution >= 4 is 55.0 Å². The molecule has 2 aromatic heterocycles. The summed E-state index contributed by atoms with van der Waals surface area (Å²) < 4.78 is 11.4. The van der Waals surface area contributed by atoms with Crippen molar-refractivity contribution in [3.05, 3.63) is 58.6 Å². The number of methoxy groups -OCH3 is 2. The fourth-order valence-electron chi connectivity index (χ4n) is 2.79. The van der Waals surface area contributed by atoms with Crippen LogP contribution in [-0.4, -0.2) is 36.0 Å². The molecule has 0 radical (unpaired) electrons. The molecule has 31 heavy (non-hydrogen) atoms. The number of nitrogens with one attached hydrogen (secondary N) is 2. The van der Waals surface area contributed by atoms with Crippen molar-refractivity contribution in [1.29, 1.82) is 0 Å². The second kappa shape index (κ2) is 8.70. The van der Waals surface area contributed by atoms with E-state index < -0.39 is 5.91 Å². The predicted molar refractivity (Wildman–Crippen MR) is 122 cm³/mol. The minimum atomic E-state index is -0.393. The van der Waals surface area contributed by atoms with Crippen molar-refractivity contribution in [3.8, 4) is 11.5 Å². The smallest absolute Gasteiger partial charge is 0.276 e. The first kappa shape index (κ1) is 20.8. The SMILES string of the molecule is COc1cc(OC)cc(C(=O)Nc2nc(C(=O)Nc3nc4ccc(C)cc4s3)cs2)c1. The first-order valence-electron chi connectivity index (χ1n) is 9.13. The lowest BCUT2D eigenvalue weighted by molar-refractivity contribution is 0.101. The lowest BCUT2D eigenvalue weighted by atomic mass is 10.2. The summed E-state index contributed by atoms with van der Waals surface area (Å²) in [7, 11) is 3.02. The molecular weight excluding hydrogens is 436 g/mol.